The SMILES string of the molecule is O=P([O-])(O)OP(=O)([O-])O.O=P([O-])([O-])OP(=O)([O-])O.[Na+].[Na+].[Na+].[Na+].[Na+]. The Morgan fingerprint density at radius 1 is 0.522 bits per heavy atom. The van der Waals surface area contributed by atoms with Crippen LogP contribution in [0.3, 0.4) is 0 Å². The Morgan fingerprint density at radius 2 is 0.696 bits per heavy atom. The first kappa shape index (κ1) is 46.6. The quantitative estimate of drug-likeness (QED) is 0.257. The second-order valence-corrected chi connectivity index (χ2v) is 7.03. The molecule has 112 valence electrons. The first-order valence-corrected chi connectivity index (χ1v) is 8.92. The van der Waals surface area contributed by atoms with Crippen molar-refractivity contribution in [2.24, 2.45) is 0 Å². The summed E-state index contributed by atoms with van der Waals surface area (Å²) in [6.45, 7) is 0. The third kappa shape index (κ3) is 58.4. The van der Waals surface area contributed by atoms with Gasteiger partial charge < -0.3 is 43.7 Å². The van der Waals surface area contributed by atoms with Crippen molar-refractivity contribution in [1.29, 1.82) is 0 Å². The molecule has 0 aromatic heterocycles. The van der Waals surface area contributed by atoms with Crippen LogP contribution in [0.1, 0.15) is 0 Å². The van der Waals surface area contributed by atoms with Gasteiger partial charge in [-0.2, -0.15) is 0 Å². The minimum atomic E-state index is -5.61. The van der Waals surface area contributed by atoms with Crippen LogP contribution in [0.4, 0.5) is 0 Å². The molecule has 0 bridgehead atoms. The minimum absolute atomic E-state index is 0. The smallest absolute Gasteiger partial charge is 0.790 e. The molecule has 0 saturated carbocycles. The van der Waals surface area contributed by atoms with E-state index in [-0.39, 0.29) is 148 Å². The van der Waals surface area contributed by atoms with E-state index >= 15 is 0 Å². The Hall–Kier alpha value is 5.52. The zero-order chi connectivity index (χ0) is 15.4. The van der Waals surface area contributed by atoms with Crippen molar-refractivity contribution < 1.29 is 214 Å². The van der Waals surface area contributed by atoms with Crippen LogP contribution < -0.4 is 172 Å². The van der Waals surface area contributed by atoms with E-state index in [0.717, 1.165) is 0 Å². The molecule has 0 spiro atoms. The van der Waals surface area contributed by atoms with Gasteiger partial charge in [0.1, 0.15) is 0 Å². The van der Waals surface area contributed by atoms with E-state index in [2.05, 4.69) is 8.62 Å². The number of hydrogen-bond acceptors (Lipinski definition) is 11. The predicted molar refractivity (Wildman–Crippen MR) is 39.3 cm³/mol. The molecule has 0 aliphatic heterocycles. The normalized spacial score (nSPS) is 17.0. The molecule has 23 heteroatoms. The van der Waals surface area contributed by atoms with Crippen molar-refractivity contribution in [2.75, 3.05) is 0 Å². The van der Waals surface area contributed by atoms with Gasteiger partial charge in [-0.1, -0.05) is 0 Å². The zero-order valence-corrected chi connectivity index (χ0v) is 26.2. The van der Waals surface area contributed by atoms with Gasteiger partial charge in [0, 0.05) is 0 Å². The van der Waals surface area contributed by atoms with Gasteiger partial charge >= 0.3 is 148 Å². The largest absolute Gasteiger partial charge is 1.00 e. The van der Waals surface area contributed by atoms with Crippen LogP contribution in [-0.2, 0) is 26.9 Å². The van der Waals surface area contributed by atoms with Crippen LogP contribution in [0.5, 0.6) is 0 Å². The molecule has 3 atom stereocenters. The fourth-order valence-electron chi connectivity index (χ4n) is 0.257. The van der Waals surface area contributed by atoms with Crippen LogP contribution in [0.25, 0.3) is 0 Å². The van der Waals surface area contributed by atoms with Crippen molar-refractivity contribution in [3.8, 4) is 0 Å². The van der Waals surface area contributed by atoms with Gasteiger partial charge in [0.05, 0.1) is 7.82 Å². The summed E-state index contributed by atoms with van der Waals surface area (Å²) in [5.41, 5.74) is 0. The first-order chi connectivity index (χ1) is 7.41. The minimum Gasteiger partial charge on any atom is -0.790 e. The van der Waals surface area contributed by atoms with Crippen molar-refractivity contribution in [3.63, 3.8) is 0 Å². The van der Waals surface area contributed by atoms with E-state index in [1.165, 1.54) is 0 Å². The van der Waals surface area contributed by atoms with E-state index in [0.29, 0.717) is 0 Å². The summed E-state index contributed by atoms with van der Waals surface area (Å²) in [6.07, 6.45) is 0. The van der Waals surface area contributed by atoms with E-state index in [4.69, 9.17) is 14.7 Å². The molecule has 14 nitrogen and oxygen atoms in total. The second-order valence-electron chi connectivity index (χ2n) is 2.02. The zero-order valence-electron chi connectivity index (χ0n) is 12.6. The maximum Gasteiger partial charge on any atom is 1.00 e. The van der Waals surface area contributed by atoms with Gasteiger partial charge in [-0.15, -0.1) is 0 Å². The summed E-state index contributed by atoms with van der Waals surface area (Å²) in [7, 11) is -21.8. The maximum absolute atomic E-state index is 9.48. The predicted octanol–water partition coefficient (Wildman–Crippen LogP) is -19.8. The van der Waals surface area contributed by atoms with E-state index in [9.17, 15) is 42.7 Å². The summed E-state index contributed by atoms with van der Waals surface area (Å²) >= 11 is 0. The molecule has 23 heavy (non-hydrogen) atoms. The van der Waals surface area contributed by atoms with Crippen LogP contribution in [-0.4, -0.2) is 14.7 Å². The third-order valence-corrected chi connectivity index (χ3v) is 3.69. The standard InChI is InChI=1S/5Na.2H4O7P2/c;;;;;2*1-8(2,3)7-9(4,5)6/h;;;;;2*(H2,1,2,3)(H2,4,5,6)/q5*+1;;/p-5. The van der Waals surface area contributed by atoms with E-state index < -0.39 is 31.3 Å². The average Bonchev–Trinajstić information content (AvgIpc) is 1.64. The molecule has 0 amide bonds. The van der Waals surface area contributed by atoms with Crippen LogP contribution in [0.2, 0.25) is 0 Å². The molecule has 0 heterocycles. The topological polar surface area (TPSA) is 263 Å². The Labute approximate surface area is 240 Å². The van der Waals surface area contributed by atoms with Crippen molar-refractivity contribution in [3.05, 3.63) is 0 Å². The molecule has 0 rings (SSSR count). The molecule has 0 aromatic carbocycles. The molecule has 0 radical (unpaired) electrons. The Balaban J connectivity index is -0.0000000366. The molecule has 0 saturated heterocycles. The number of rotatable bonds is 4. The Bertz CT molecular complexity index is 354. The van der Waals surface area contributed by atoms with Gasteiger partial charge in [0.15, 0.2) is 0 Å². The maximum atomic E-state index is 9.48. The molecule has 0 fully saturated rings. The van der Waals surface area contributed by atoms with E-state index in [1.807, 2.05) is 0 Å². The fraction of sp³-hybridized carbons (Fsp3) is 0. The molecular weight excluding hydrogens is 463 g/mol. The molecule has 0 aliphatic rings. The molecule has 0 aromatic rings. The van der Waals surface area contributed by atoms with Crippen molar-refractivity contribution in [1.82, 2.24) is 0 Å². The molecule has 3 N–H and O–H groups in total. The van der Waals surface area contributed by atoms with Gasteiger partial charge in [0.25, 0.3) is 23.5 Å². The number of phosphoric acid groups is 4. The van der Waals surface area contributed by atoms with Crippen molar-refractivity contribution >= 4 is 31.3 Å². The van der Waals surface area contributed by atoms with Crippen LogP contribution in [0.15, 0.2) is 0 Å². The molecule has 0 aliphatic carbocycles. The monoisotopic (exact) mass is 466 g/mol. The van der Waals surface area contributed by atoms with Crippen LogP contribution >= 0.6 is 31.3 Å². The summed E-state index contributed by atoms with van der Waals surface area (Å²) in [6, 6.07) is 0. The summed E-state index contributed by atoms with van der Waals surface area (Å²) in [5.74, 6) is 0. The first-order valence-electron chi connectivity index (χ1n) is 2.97. The van der Waals surface area contributed by atoms with Crippen molar-refractivity contribution in [2.45, 2.75) is 0 Å². The third-order valence-electron chi connectivity index (χ3n) is 0.410. The van der Waals surface area contributed by atoms with Gasteiger partial charge in [0.2, 0.25) is 0 Å². The number of hydrogen-bond donors (Lipinski definition) is 3. The van der Waals surface area contributed by atoms with Gasteiger partial charge in [-0.05, 0) is 0 Å². The second kappa shape index (κ2) is 19.5. The molecular formula is H3Na5O14P4. The Kier molecular flexibility index (Phi) is 39.5. The Morgan fingerprint density at radius 3 is 0.696 bits per heavy atom. The summed E-state index contributed by atoms with van der Waals surface area (Å²) in [5, 5.41) is 0. The van der Waals surface area contributed by atoms with E-state index in [1.54, 1.807) is 0 Å². The summed E-state index contributed by atoms with van der Waals surface area (Å²) < 4.78 is 43.1. The van der Waals surface area contributed by atoms with Gasteiger partial charge in [-0.3, -0.25) is 18.0 Å². The molecule has 3 unspecified atom stereocenters. The average molecular weight is 466 g/mol. The van der Waals surface area contributed by atoms with Gasteiger partial charge in [-0.25, -0.2) is 4.31 Å². The van der Waals surface area contributed by atoms with Crippen LogP contribution in [0, 0.1) is 0 Å². The summed E-state index contributed by atoms with van der Waals surface area (Å²) in [4.78, 5) is 69.9. The fourth-order valence-corrected chi connectivity index (χ4v) is 2.31.